The van der Waals surface area contributed by atoms with Gasteiger partial charge < -0.3 is 20.1 Å². The molecule has 3 rings (SSSR count). The van der Waals surface area contributed by atoms with Crippen molar-refractivity contribution >= 4 is 29.9 Å². The van der Waals surface area contributed by atoms with Gasteiger partial charge in [-0.1, -0.05) is 18.2 Å². The molecule has 1 aromatic rings. The largest absolute Gasteiger partial charge is 0.492 e. The molecule has 2 aliphatic heterocycles. The zero-order valence-corrected chi connectivity index (χ0v) is 15.9. The van der Waals surface area contributed by atoms with Crippen LogP contribution in [0.1, 0.15) is 26.2 Å². The number of nitrogens with zero attached hydrogens (tertiary/aromatic N) is 1. The van der Waals surface area contributed by atoms with E-state index in [4.69, 9.17) is 9.47 Å². The highest BCUT2D eigenvalue weighted by Crippen LogP contribution is 2.34. The van der Waals surface area contributed by atoms with Crippen molar-refractivity contribution in [3.8, 4) is 5.75 Å². The van der Waals surface area contributed by atoms with Gasteiger partial charge in [0.25, 0.3) is 0 Å². The Bertz CT molecular complexity index is 498. The summed E-state index contributed by atoms with van der Waals surface area (Å²) in [4.78, 5) is 4.59. The maximum atomic E-state index is 5.88. The van der Waals surface area contributed by atoms with E-state index in [2.05, 4.69) is 22.5 Å². The second-order valence-corrected chi connectivity index (χ2v) is 5.78. The number of ether oxygens (including phenoxy) is 2. The van der Waals surface area contributed by atoms with Crippen LogP contribution in [0.15, 0.2) is 35.3 Å². The lowest BCUT2D eigenvalue weighted by molar-refractivity contribution is 0.0992. The van der Waals surface area contributed by atoms with E-state index >= 15 is 0 Å². The minimum Gasteiger partial charge on any atom is -0.492 e. The summed E-state index contributed by atoms with van der Waals surface area (Å²) in [6.07, 6.45) is 4.27. The fraction of sp³-hybridized carbons (Fsp3) is 0.588. The van der Waals surface area contributed by atoms with Gasteiger partial charge in [-0.15, -0.1) is 24.0 Å². The lowest BCUT2D eigenvalue weighted by atomic mass is 9.96. The predicted octanol–water partition coefficient (Wildman–Crippen LogP) is 2.56. The van der Waals surface area contributed by atoms with Gasteiger partial charge in [0.05, 0.1) is 24.8 Å². The Hall–Kier alpha value is -1.02. The maximum absolute atomic E-state index is 5.88. The van der Waals surface area contributed by atoms with Gasteiger partial charge in [0.15, 0.2) is 5.96 Å². The van der Waals surface area contributed by atoms with Crippen molar-refractivity contribution in [2.75, 3.05) is 19.7 Å². The first-order valence-electron chi connectivity index (χ1n) is 8.23. The van der Waals surface area contributed by atoms with E-state index in [-0.39, 0.29) is 24.0 Å². The summed E-state index contributed by atoms with van der Waals surface area (Å²) in [6.45, 7) is 4.14. The molecule has 0 aliphatic carbocycles. The molecular weight excluding hydrogens is 405 g/mol. The van der Waals surface area contributed by atoms with E-state index in [9.17, 15) is 0 Å². The number of nitrogens with one attached hydrogen (secondary N) is 2. The molecule has 0 amide bonds. The standard InChI is InChI=1S/C17H25N3O2.HI/c1-2-18-17(20-15-12-14-8-9-16(15)22-14)19-10-11-21-13-6-4-3-5-7-13;/h3-7,14-16H,2,8-12H2,1H3,(H2,18,19,20);1H. The average molecular weight is 431 g/mol. The molecule has 0 radical (unpaired) electrons. The van der Waals surface area contributed by atoms with Crippen LogP contribution in [0.3, 0.4) is 0 Å². The molecule has 2 aliphatic rings. The van der Waals surface area contributed by atoms with Crippen molar-refractivity contribution in [1.29, 1.82) is 0 Å². The molecule has 2 fully saturated rings. The monoisotopic (exact) mass is 431 g/mol. The van der Waals surface area contributed by atoms with Crippen LogP contribution in [0.2, 0.25) is 0 Å². The van der Waals surface area contributed by atoms with E-state index in [0.717, 1.165) is 24.7 Å². The topological polar surface area (TPSA) is 54.9 Å². The first-order valence-corrected chi connectivity index (χ1v) is 8.23. The molecule has 1 aromatic carbocycles. The number of fused-ring (bicyclic) bond motifs is 2. The minimum absolute atomic E-state index is 0. The summed E-state index contributed by atoms with van der Waals surface area (Å²) >= 11 is 0. The zero-order chi connectivity index (χ0) is 15.2. The summed E-state index contributed by atoms with van der Waals surface area (Å²) in [7, 11) is 0. The zero-order valence-electron chi connectivity index (χ0n) is 13.5. The third-order valence-electron chi connectivity index (χ3n) is 4.15. The van der Waals surface area contributed by atoms with Crippen LogP contribution >= 0.6 is 24.0 Å². The molecule has 0 aromatic heterocycles. The van der Waals surface area contributed by atoms with E-state index in [1.54, 1.807) is 0 Å². The Balaban J connectivity index is 0.00000192. The molecule has 6 heteroatoms. The smallest absolute Gasteiger partial charge is 0.191 e. The number of hydrogen-bond donors (Lipinski definition) is 2. The van der Waals surface area contributed by atoms with Gasteiger partial charge in [0, 0.05) is 6.54 Å². The van der Waals surface area contributed by atoms with Gasteiger partial charge >= 0.3 is 0 Å². The Kier molecular flexibility index (Phi) is 7.42. The number of benzene rings is 1. The van der Waals surface area contributed by atoms with Gasteiger partial charge in [-0.05, 0) is 38.3 Å². The lowest BCUT2D eigenvalue weighted by Crippen LogP contribution is -2.47. The highest BCUT2D eigenvalue weighted by molar-refractivity contribution is 14.0. The quantitative estimate of drug-likeness (QED) is 0.315. The van der Waals surface area contributed by atoms with Crippen molar-refractivity contribution in [2.45, 2.75) is 44.4 Å². The van der Waals surface area contributed by atoms with Crippen molar-refractivity contribution < 1.29 is 9.47 Å². The molecule has 3 unspecified atom stereocenters. The van der Waals surface area contributed by atoms with Crippen LogP contribution < -0.4 is 15.4 Å². The maximum Gasteiger partial charge on any atom is 0.191 e. The summed E-state index contributed by atoms with van der Waals surface area (Å²) in [6, 6.07) is 10.2. The third kappa shape index (κ3) is 5.24. The molecule has 2 N–H and O–H groups in total. The Morgan fingerprint density at radius 2 is 2.13 bits per heavy atom. The van der Waals surface area contributed by atoms with Crippen LogP contribution in [0, 0.1) is 0 Å². The predicted molar refractivity (Wildman–Crippen MR) is 103 cm³/mol. The number of halogens is 1. The van der Waals surface area contributed by atoms with Crippen LogP contribution in [0.5, 0.6) is 5.75 Å². The first kappa shape index (κ1) is 18.3. The lowest BCUT2D eigenvalue weighted by Gasteiger charge is -2.22. The summed E-state index contributed by atoms with van der Waals surface area (Å²) < 4.78 is 11.5. The molecule has 2 heterocycles. The molecular formula is C17H26IN3O2. The summed E-state index contributed by atoms with van der Waals surface area (Å²) in [5, 5.41) is 6.80. The van der Waals surface area contributed by atoms with Crippen LogP contribution in [-0.2, 0) is 4.74 Å². The second kappa shape index (κ2) is 9.32. The SMILES string of the molecule is CCNC(=NCCOc1ccccc1)NC1CC2CCC1O2.I. The van der Waals surface area contributed by atoms with Gasteiger partial charge in [-0.25, -0.2) is 4.99 Å². The Morgan fingerprint density at radius 3 is 2.78 bits per heavy atom. The minimum atomic E-state index is 0. The van der Waals surface area contributed by atoms with Crippen molar-refractivity contribution in [3.63, 3.8) is 0 Å². The van der Waals surface area contributed by atoms with E-state index < -0.39 is 0 Å². The molecule has 0 spiro atoms. The van der Waals surface area contributed by atoms with E-state index in [0.29, 0.717) is 31.4 Å². The first-order chi connectivity index (χ1) is 10.8. The summed E-state index contributed by atoms with van der Waals surface area (Å²) in [5.41, 5.74) is 0. The number of aliphatic imine (C=N–C) groups is 1. The normalized spacial score (nSPS) is 25.8. The van der Waals surface area contributed by atoms with Gasteiger partial charge in [0.1, 0.15) is 12.4 Å². The molecule has 128 valence electrons. The van der Waals surface area contributed by atoms with Crippen molar-refractivity contribution in [3.05, 3.63) is 30.3 Å². The van der Waals surface area contributed by atoms with E-state index in [1.807, 2.05) is 30.3 Å². The molecule has 0 saturated carbocycles. The van der Waals surface area contributed by atoms with Crippen LogP contribution in [0.25, 0.3) is 0 Å². The fourth-order valence-electron chi connectivity index (χ4n) is 3.12. The van der Waals surface area contributed by atoms with Crippen molar-refractivity contribution in [2.24, 2.45) is 4.99 Å². The highest BCUT2D eigenvalue weighted by Gasteiger charge is 2.41. The average Bonchev–Trinajstić information content (AvgIpc) is 3.15. The third-order valence-corrected chi connectivity index (χ3v) is 4.15. The molecule has 23 heavy (non-hydrogen) atoms. The molecule has 2 saturated heterocycles. The fourth-order valence-corrected chi connectivity index (χ4v) is 3.12. The van der Waals surface area contributed by atoms with Crippen molar-refractivity contribution in [1.82, 2.24) is 10.6 Å². The molecule has 3 atom stereocenters. The second-order valence-electron chi connectivity index (χ2n) is 5.78. The van der Waals surface area contributed by atoms with Crippen LogP contribution in [-0.4, -0.2) is 43.9 Å². The van der Waals surface area contributed by atoms with Crippen LogP contribution in [0.4, 0.5) is 0 Å². The number of guanidine groups is 1. The number of para-hydroxylation sites is 1. The highest BCUT2D eigenvalue weighted by atomic mass is 127. The molecule has 2 bridgehead atoms. The van der Waals surface area contributed by atoms with E-state index in [1.165, 1.54) is 12.8 Å². The summed E-state index contributed by atoms with van der Waals surface area (Å²) in [5.74, 6) is 1.75. The van der Waals surface area contributed by atoms with Gasteiger partial charge in [-0.2, -0.15) is 0 Å². The Morgan fingerprint density at radius 1 is 1.30 bits per heavy atom. The number of hydrogen-bond acceptors (Lipinski definition) is 3. The molecule has 5 nitrogen and oxygen atoms in total. The van der Waals surface area contributed by atoms with Gasteiger partial charge in [-0.3, -0.25) is 0 Å². The Labute approximate surface area is 155 Å². The van der Waals surface area contributed by atoms with Gasteiger partial charge in [0.2, 0.25) is 0 Å². The number of rotatable bonds is 6.